The zero-order valence-corrected chi connectivity index (χ0v) is 9.71. The maximum Gasteiger partial charge on any atom is 0.336 e. The Balaban J connectivity index is 3.49. The summed E-state index contributed by atoms with van der Waals surface area (Å²) in [5, 5.41) is 18.0. The monoisotopic (exact) mass is 248 g/mol. The number of allylic oxidation sites excluding steroid dienone is 1. The van der Waals surface area contributed by atoms with Gasteiger partial charge in [0.05, 0.1) is 11.1 Å². The summed E-state index contributed by atoms with van der Waals surface area (Å²) < 4.78 is 0. The van der Waals surface area contributed by atoms with E-state index in [1.165, 1.54) is 25.1 Å². The number of carbonyl (C=O) groups excluding carboxylic acids is 1. The lowest BCUT2D eigenvalue weighted by Gasteiger charge is -2.13. The van der Waals surface area contributed by atoms with Crippen molar-refractivity contribution in [3.05, 3.63) is 47.5 Å². The van der Waals surface area contributed by atoms with Crippen molar-refractivity contribution in [2.24, 2.45) is 0 Å². The molecule has 18 heavy (non-hydrogen) atoms. The van der Waals surface area contributed by atoms with Gasteiger partial charge in [-0.25, -0.2) is 9.59 Å². The van der Waals surface area contributed by atoms with Crippen LogP contribution in [0.2, 0.25) is 0 Å². The molecule has 1 aromatic carbocycles. The van der Waals surface area contributed by atoms with Gasteiger partial charge in [-0.15, -0.1) is 0 Å². The number of carbonyl (C=O) groups is 3. The van der Waals surface area contributed by atoms with Crippen molar-refractivity contribution < 1.29 is 24.6 Å². The van der Waals surface area contributed by atoms with Crippen molar-refractivity contribution in [2.45, 2.75) is 12.8 Å². The van der Waals surface area contributed by atoms with Gasteiger partial charge in [0, 0.05) is 5.92 Å². The number of rotatable bonds is 5. The molecule has 0 amide bonds. The van der Waals surface area contributed by atoms with Gasteiger partial charge >= 0.3 is 11.9 Å². The van der Waals surface area contributed by atoms with Gasteiger partial charge in [0.25, 0.3) is 0 Å². The highest BCUT2D eigenvalue weighted by atomic mass is 16.4. The summed E-state index contributed by atoms with van der Waals surface area (Å²) in [4.78, 5) is 33.6. The summed E-state index contributed by atoms with van der Waals surface area (Å²) in [7, 11) is 0. The third-order valence-corrected chi connectivity index (χ3v) is 2.64. The van der Waals surface area contributed by atoms with Crippen molar-refractivity contribution in [3.8, 4) is 0 Å². The Morgan fingerprint density at radius 2 is 1.83 bits per heavy atom. The molecule has 0 spiro atoms. The number of ketones is 1. The Hall–Kier alpha value is -2.43. The molecule has 1 atom stereocenters. The zero-order valence-electron chi connectivity index (χ0n) is 9.71. The number of benzene rings is 1. The van der Waals surface area contributed by atoms with Gasteiger partial charge in [0.1, 0.15) is 0 Å². The minimum absolute atomic E-state index is 0.173. The average Bonchev–Trinajstić information content (AvgIpc) is 2.35. The van der Waals surface area contributed by atoms with Crippen LogP contribution in [0.25, 0.3) is 0 Å². The third-order valence-electron chi connectivity index (χ3n) is 2.64. The quantitative estimate of drug-likeness (QED) is 0.777. The van der Waals surface area contributed by atoms with Crippen molar-refractivity contribution in [1.29, 1.82) is 0 Å². The second kappa shape index (κ2) is 5.27. The highest BCUT2D eigenvalue weighted by Gasteiger charge is 2.24. The summed E-state index contributed by atoms with van der Waals surface area (Å²) >= 11 is 0. The van der Waals surface area contributed by atoms with Crippen LogP contribution in [0.4, 0.5) is 0 Å². The van der Waals surface area contributed by atoms with Crippen LogP contribution in [-0.4, -0.2) is 27.9 Å². The normalized spacial score (nSPS) is 11.6. The number of hydrogen-bond donors (Lipinski definition) is 2. The van der Waals surface area contributed by atoms with Crippen LogP contribution < -0.4 is 0 Å². The lowest BCUT2D eigenvalue weighted by atomic mass is 9.89. The molecule has 2 N–H and O–H groups in total. The fourth-order valence-corrected chi connectivity index (χ4v) is 1.68. The summed E-state index contributed by atoms with van der Waals surface area (Å²) in [6, 6.07) is 4.04. The smallest absolute Gasteiger partial charge is 0.336 e. The molecular formula is C13H12O5. The third kappa shape index (κ3) is 2.45. The second-order valence-corrected chi connectivity index (χ2v) is 3.71. The van der Waals surface area contributed by atoms with Crippen molar-refractivity contribution in [1.82, 2.24) is 0 Å². The molecule has 0 aromatic heterocycles. The Morgan fingerprint density at radius 3 is 2.28 bits per heavy atom. The van der Waals surface area contributed by atoms with E-state index >= 15 is 0 Å². The predicted octanol–water partition coefficient (Wildman–Crippen LogP) is 1.94. The molecule has 0 saturated carbocycles. The zero-order chi connectivity index (χ0) is 13.9. The molecule has 0 fully saturated rings. The van der Waals surface area contributed by atoms with Crippen LogP contribution in [0.5, 0.6) is 0 Å². The molecule has 1 aromatic rings. The molecular weight excluding hydrogens is 236 g/mol. The fourth-order valence-electron chi connectivity index (χ4n) is 1.68. The Labute approximate surface area is 103 Å². The Morgan fingerprint density at radius 1 is 1.22 bits per heavy atom. The first-order chi connectivity index (χ1) is 8.40. The maximum atomic E-state index is 11.5. The van der Waals surface area contributed by atoms with E-state index in [9.17, 15) is 14.4 Å². The van der Waals surface area contributed by atoms with Crippen LogP contribution in [-0.2, 0) is 4.79 Å². The number of hydrogen-bond acceptors (Lipinski definition) is 3. The molecule has 5 heteroatoms. The SMILES string of the molecule is C=CC(=O)C(C)c1cccc(C(=O)O)c1C(=O)O. The molecule has 0 bridgehead atoms. The maximum absolute atomic E-state index is 11.5. The lowest BCUT2D eigenvalue weighted by molar-refractivity contribution is -0.115. The van der Waals surface area contributed by atoms with E-state index in [2.05, 4.69) is 6.58 Å². The predicted molar refractivity (Wildman–Crippen MR) is 64.0 cm³/mol. The van der Waals surface area contributed by atoms with Gasteiger partial charge in [0.15, 0.2) is 5.78 Å². The highest BCUT2D eigenvalue weighted by Crippen LogP contribution is 2.24. The van der Waals surface area contributed by atoms with Gasteiger partial charge in [-0.2, -0.15) is 0 Å². The Bertz CT molecular complexity index is 530. The molecule has 0 heterocycles. The van der Waals surface area contributed by atoms with E-state index in [4.69, 9.17) is 10.2 Å². The number of carboxylic acid groups (broad SMARTS) is 2. The van der Waals surface area contributed by atoms with E-state index in [1.54, 1.807) is 0 Å². The van der Waals surface area contributed by atoms with Crippen LogP contribution in [0.1, 0.15) is 39.1 Å². The molecule has 0 aliphatic carbocycles. The number of carboxylic acids is 2. The van der Waals surface area contributed by atoms with E-state index in [0.717, 1.165) is 6.08 Å². The molecule has 0 radical (unpaired) electrons. The summed E-state index contributed by atoms with van der Waals surface area (Å²) in [5.74, 6) is -3.81. The summed E-state index contributed by atoms with van der Waals surface area (Å²) in [6.45, 7) is 4.84. The fraction of sp³-hybridized carbons (Fsp3) is 0.154. The minimum Gasteiger partial charge on any atom is -0.478 e. The van der Waals surface area contributed by atoms with Gasteiger partial charge in [-0.05, 0) is 17.7 Å². The molecule has 94 valence electrons. The molecule has 1 rings (SSSR count). The minimum atomic E-state index is -1.37. The van der Waals surface area contributed by atoms with Crippen LogP contribution in [0.3, 0.4) is 0 Å². The van der Waals surface area contributed by atoms with Crippen LogP contribution in [0.15, 0.2) is 30.9 Å². The first-order valence-corrected chi connectivity index (χ1v) is 5.16. The largest absolute Gasteiger partial charge is 0.478 e. The Kier molecular flexibility index (Phi) is 3.99. The number of aromatic carboxylic acids is 2. The van der Waals surface area contributed by atoms with Crippen LogP contribution in [0, 0.1) is 0 Å². The van der Waals surface area contributed by atoms with E-state index in [0.29, 0.717) is 0 Å². The standard InChI is InChI=1S/C13H12O5/c1-3-10(14)7(2)8-5-4-6-9(12(15)16)11(8)13(17)18/h3-7H,1H2,2H3,(H,15,16)(H,17,18). The summed E-state index contributed by atoms with van der Waals surface area (Å²) in [6.07, 6.45) is 1.09. The molecule has 1 unspecified atom stereocenters. The summed E-state index contributed by atoms with van der Waals surface area (Å²) in [5.41, 5.74) is -0.510. The topological polar surface area (TPSA) is 91.7 Å². The van der Waals surface area contributed by atoms with Gasteiger partial charge in [-0.1, -0.05) is 25.6 Å². The van der Waals surface area contributed by atoms with Crippen molar-refractivity contribution in [3.63, 3.8) is 0 Å². The van der Waals surface area contributed by atoms with Crippen molar-refractivity contribution in [2.75, 3.05) is 0 Å². The van der Waals surface area contributed by atoms with E-state index in [-0.39, 0.29) is 22.5 Å². The molecule has 5 nitrogen and oxygen atoms in total. The van der Waals surface area contributed by atoms with E-state index in [1.807, 2.05) is 0 Å². The van der Waals surface area contributed by atoms with E-state index < -0.39 is 17.9 Å². The molecule has 0 aliphatic heterocycles. The average molecular weight is 248 g/mol. The lowest BCUT2D eigenvalue weighted by Crippen LogP contribution is -2.16. The van der Waals surface area contributed by atoms with Gasteiger partial charge < -0.3 is 10.2 Å². The van der Waals surface area contributed by atoms with Crippen molar-refractivity contribution >= 4 is 17.7 Å². The van der Waals surface area contributed by atoms with Gasteiger partial charge in [0.2, 0.25) is 0 Å². The highest BCUT2D eigenvalue weighted by molar-refractivity contribution is 6.05. The van der Waals surface area contributed by atoms with Crippen LogP contribution >= 0.6 is 0 Å². The molecule has 0 saturated heterocycles. The van der Waals surface area contributed by atoms with Gasteiger partial charge in [-0.3, -0.25) is 4.79 Å². The molecule has 0 aliphatic rings. The first-order valence-electron chi connectivity index (χ1n) is 5.16. The first kappa shape index (κ1) is 13.6. The second-order valence-electron chi connectivity index (χ2n) is 3.71.